The minimum atomic E-state index is -3.28. The summed E-state index contributed by atoms with van der Waals surface area (Å²) in [6.07, 6.45) is 3.90. The van der Waals surface area contributed by atoms with E-state index in [1.807, 2.05) is 36.4 Å². The maximum atomic E-state index is 13.1. The number of sulfone groups is 1. The van der Waals surface area contributed by atoms with Crippen LogP contribution in [0.5, 0.6) is 0 Å². The Hall–Kier alpha value is -3.00. The lowest BCUT2D eigenvalue weighted by Crippen LogP contribution is -2.27. The van der Waals surface area contributed by atoms with Crippen molar-refractivity contribution in [1.82, 2.24) is 0 Å². The van der Waals surface area contributed by atoms with Gasteiger partial charge in [0, 0.05) is 12.8 Å². The van der Waals surface area contributed by atoms with Gasteiger partial charge in [-0.1, -0.05) is 72.8 Å². The van der Waals surface area contributed by atoms with Crippen molar-refractivity contribution in [1.29, 1.82) is 0 Å². The van der Waals surface area contributed by atoms with Crippen molar-refractivity contribution in [2.45, 2.75) is 79.5 Å². The molecule has 1 saturated heterocycles. The Balaban J connectivity index is 1.21. The molecule has 0 amide bonds. The first-order valence-corrected chi connectivity index (χ1v) is 15.9. The zero-order valence-corrected chi connectivity index (χ0v) is 23.6. The molecule has 2 saturated carbocycles. The van der Waals surface area contributed by atoms with Gasteiger partial charge >= 0.3 is 5.97 Å². The third kappa shape index (κ3) is 5.47. The van der Waals surface area contributed by atoms with Crippen LogP contribution in [-0.4, -0.2) is 32.0 Å². The molecule has 3 aromatic carbocycles. The van der Waals surface area contributed by atoms with E-state index in [0.717, 1.165) is 42.4 Å². The summed E-state index contributed by atoms with van der Waals surface area (Å²) in [5, 5.41) is -0.264. The molecule has 1 heterocycles. The molecule has 1 unspecified atom stereocenters. The van der Waals surface area contributed by atoms with Crippen molar-refractivity contribution >= 4 is 15.8 Å². The van der Waals surface area contributed by atoms with Gasteiger partial charge in [0.25, 0.3) is 0 Å². The Morgan fingerprint density at radius 2 is 1.45 bits per heavy atom. The number of ether oxygens (including phenoxy) is 3. The summed E-state index contributed by atoms with van der Waals surface area (Å²) in [6.45, 7) is 2.10. The first-order valence-electron chi connectivity index (χ1n) is 14.3. The number of carbonyl (C=O) groups excluding carboxylic acids is 1. The predicted molar refractivity (Wildman–Crippen MR) is 151 cm³/mol. The van der Waals surface area contributed by atoms with Gasteiger partial charge in [-0.2, -0.15) is 0 Å². The standard InChI is InChI=1S/C33H36O6S/c1-2-37-32(34)29(24-13-15-27(16-14-24)40(35,36)28-17-18-28)21-23-19-20-33(22-23)38-30(25-9-5-3-6-10-25)31(39-33)26-11-7-4-8-12-26/h3-16,23,28-31H,2,17-22H2,1H3/t23-,29?,30-,31-/m1/s1. The molecular formula is C33H36O6S. The van der Waals surface area contributed by atoms with E-state index in [2.05, 4.69) is 24.3 Å². The van der Waals surface area contributed by atoms with Gasteiger partial charge in [0.2, 0.25) is 0 Å². The topological polar surface area (TPSA) is 78.9 Å². The van der Waals surface area contributed by atoms with Crippen LogP contribution in [0.2, 0.25) is 0 Å². The molecule has 0 N–H and O–H groups in total. The van der Waals surface area contributed by atoms with Gasteiger partial charge in [0.15, 0.2) is 15.6 Å². The van der Waals surface area contributed by atoms with E-state index >= 15 is 0 Å². The summed E-state index contributed by atoms with van der Waals surface area (Å²) >= 11 is 0. The third-order valence-electron chi connectivity index (χ3n) is 8.46. The summed E-state index contributed by atoms with van der Waals surface area (Å²) in [6, 6.07) is 27.3. The molecular weight excluding hydrogens is 524 g/mol. The molecule has 7 heteroatoms. The van der Waals surface area contributed by atoms with Crippen molar-refractivity contribution in [3.8, 4) is 0 Å². The minimum absolute atomic E-state index is 0.190. The number of esters is 1. The molecule has 1 spiro atoms. The molecule has 0 bridgehead atoms. The SMILES string of the molecule is CCOC(=O)C(C[C@H]1CCC2(C1)O[C@H](c1ccccc1)[C@@H](c1ccccc1)O2)c1ccc(S(=O)(=O)C2CC2)cc1. The number of carbonyl (C=O) groups is 1. The Bertz CT molecular complexity index is 1370. The van der Waals surface area contributed by atoms with Crippen LogP contribution in [-0.2, 0) is 28.8 Å². The number of hydrogen-bond acceptors (Lipinski definition) is 6. The lowest BCUT2D eigenvalue weighted by atomic mass is 9.87. The van der Waals surface area contributed by atoms with E-state index in [4.69, 9.17) is 14.2 Å². The second kappa shape index (κ2) is 11.1. The maximum absolute atomic E-state index is 13.1. The Morgan fingerprint density at radius 1 is 0.875 bits per heavy atom. The molecule has 2 aliphatic carbocycles. The molecule has 3 aliphatic rings. The van der Waals surface area contributed by atoms with E-state index in [-0.39, 0.29) is 29.3 Å². The Morgan fingerprint density at radius 3 is 1.98 bits per heavy atom. The summed E-state index contributed by atoms with van der Waals surface area (Å²) < 4.78 is 44.3. The normalized spacial score (nSPS) is 24.7. The fourth-order valence-corrected chi connectivity index (χ4v) is 7.93. The van der Waals surface area contributed by atoms with Gasteiger partial charge in [-0.25, -0.2) is 8.42 Å². The smallest absolute Gasteiger partial charge is 0.313 e. The summed E-state index contributed by atoms with van der Waals surface area (Å²) in [5.74, 6) is -1.28. The molecule has 6 nitrogen and oxygen atoms in total. The zero-order valence-electron chi connectivity index (χ0n) is 22.8. The fourth-order valence-electron chi connectivity index (χ4n) is 6.27. The van der Waals surface area contributed by atoms with Gasteiger partial charge < -0.3 is 14.2 Å². The van der Waals surface area contributed by atoms with Crippen molar-refractivity contribution in [3.05, 3.63) is 102 Å². The van der Waals surface area contributed by atoms with Crippen LogP contribution in [0.4, 0.5) is 0 Å². The lowest BCUT2D eigenvalue weighted by Gasteiger charge is -2.24. The first-order chi connectivity index (χ1) is 19.4. The molecule has 4 atom stereocenters. The van der Waals surface area contributed by atoms with Crippen molar-refractivity contribution in [2.24, 2.45) is 5.92 Å². The zero-order chi connectivity index (χ0) is 27.7. The van der Waals surface area contributed by atoms with E-state index < -0.39 is 21.5 Å². The van der Waals surface area contributed by atoms with Gasteiger partial charge in [-0.15, -0.1) is 0 Å². The third-order valence-corrected chi connectivity index (χ3v) is 10.7. The van der Waals surface area contributed by atoms with Crippen molar-refractivity contribution < 1.29 is 27.4 Å². The second-order valence-corrected chi connectivity index (χ2v) is 13.5. The Labute approximate surface area is 236 Å². The van der Waals surface area contributed by atoms with Gasteiger partial charge in [0.1, 0.15) is 12.2 Å². The molecule has 40 heavy (non-hydrogen) atoms. The Kier molecular flexibility index (Phi) is 7.55. The molecule has 1 aliphatic heterocycles. The minimum Gasteiger partial charge on any atom is -0.466 e. The van der Waals surface area contributed by atoms with Gasteiger partial charge in [-0.3, -0.25) is 4.79 Å². The molecule has 0 aromatic heterocycles. The molecule has 0 radical (unpaired) electrons. The first kappa shape index (κ1) is 27.2. The monoisotopic (exact) mass is 560 g/mol. The fraction of sp³-hybridized carbons (Fsp3) is 0.424. The molecule has 3 fully saturated rings. The average molecular weight is 561 g/mol. The summed E-state index contributed by atoms with van der Waals surface area (Å²) in [5.41, 5.74) is 2.95. The molecule has 3 aromatic rings. The van der Waals surface area contributed by atoms with Crippen molar-refractivity contribution in [2.75, 3.05) is 6.61 Å². The van der Waals surface area contributed by atoms with Crippen LogP contribution < -0.4 is 0 Å². The highest BCUT2D eigenvalue weighted by Crippen LogP contribution is 2.55. The van der Waals surface area contributed by atoms with E-state index in [1.165, 1.54) is 0 Å². The lowest BCUT2D eigenvalue weighted by molar-refractivity contribution is -0.173. The van der Waals surface area contributed by atoms with Crippen LogP contribution in [0.1, 0.15) is 80.3 Å². The van der Waals surface area contributed by atoms with Crippen LogP contribution in [0.15, 0.2) is 89.8 Å². The van der Waals surface area contributed by atoms with Crippen LogP contribution >= 0.6 is 0 Å². The molecule has 6 rings (SSSR count). The quantitative estimate of drug-likeness (QED) is 0.272. The average Bonchev–Trinajstić information content (AvgIpc) is 3.69. The van der Waals surface area contributed by atoms with Crippen LogP contribution in [0.3, 0.4) is 0 Å². The van der Waals surface area contributed by atoms with Crippen molar-refractivity contribution in [3.63, 3.8) is 0 Å². The number of rotatable bonds is 9. The van der Waals surface area contributed by atoms with Crippen LogP contribution in [0.25, 0.3) is 0 Å². The number of hydrogen-bond donors (Lipinski definition) is 0. The molecule has 210 valence electrons. The highest BCUT2D eigenvalue weighted by Gasteiger charge is 2.53. The second-order valence-electron chi connectivity index (χ2n) is 11.3. The van der Waals surface area contributed by atoms with E-state index in [1.54, 1.807) is 31.2 Å². The largest absolute Gasteiger partial charge is 0.466 e. The number of benzene rings is 3. The highest BCUT2D eigenvalue weighted by atomic mass is 32.2. The van der Waals surface area contributed by atoms with Gasteiger partial charge in [0.05, 0.1) is 22.7 Å². The highest BCUT2D eigenvalue weighted by molar-refractivity contribution is 7.92. The van der Waals surface area contributed by atoms with E-state index in [0.29, 0.717) is 24.3 Å². The van der Waals surface area contributed by atoms with Crippen LogP contribution in [0, 0.1) is 5.92 Å². The predicted octanol–water partition coefficient (Wildman–Crippen LogP) is 6.69. The summed E-state index contributed by atoms with van der Waals surface area (Å²) in [4.78, 5) is 13.4. The van der Waals surface area contributed by atoms with E-state index in [9.17, 15) is 13.2 Å². The maximum Gasteiger partial charge on any atom is 0.313 e. The van der Waals surface area contributed by atoms with Gasteiger partial charge in [-0.05, 0) is 67.3 Å². The summed E-state index contributed by atoms with van der Waals surface area (Å²) in [7, 11) is -3.28.